The number of methoxy groups -OCH3 is 1. The molecule has 0 aliphatic rings. The van der Waals surface area contributed by atoms with Crippen molar-refractivity contribution in [3.63, 3.8) is 0 Å². The maximum Gasteiger partial charge on any atom is 0.326 e. The summed E-state index contributed by atoms with van der Waals surface area (Å²) in [5.41, 5.74) is 0.985. The molecule has 0 aliphatic carbocycles. The number of rotatable bonds is 10. The third kappa shape index (κ3) is 6.65. The summed E-state index contributed by atoms with van der Waals surface area (Å²) in [5.74, 6) is -1.66. The van der Waals surface area contributed by atoms with E-state index in [1.807, 2.05) is 0 Å². The van der Waals surface area contributed by atoms with E-state index < -0.39 is 27.9 Å². The van der Waals surface area contributed by atoms with E-state index >= 15 is 0 Å². The number of carbonyl (C=O) groups excluding carboxylic acids is 1. The first-order valence-corrected chi connectivity index (χ1v) is 9.03. The fourth-order valence-corrected chi connectivity index (χ4v) is 2.39. The second-order valence-corrected chi connectivity index (χ2v) is 7.16. The molecule has 8 nitrogen and oxygen atoms in total. The van der Waals surface area contributed by atoms with E-state index in [2.05, 4.69) is 10.0 Å². The maximum atomic E-state index is 12.1. The molecule has 0 spiro atoms. The zero-order chi connectivity index (χ0) is 18.2. The fourth-order valence-electron chi connectivity index (χ4n) is 1.80. The Morgan fingerprint density at radius 2 is 1.88 bits per heavy atom. The van der Waals surface area contributed by atoms with Crippen LogP contribution in [0.3, 0.4) is 0 Å². The van der Waals surface area contributed by atoms with E-state index in [1.165, 1.54) is 26.2 Å². The van der Waals surface area contributed by atoms with Gasteiger partial charge in [0.25, 0.3) is 5.91 Å². The van der Waals surface area contributed by atoms with Gasteiger partial charge in [0.05, 0.1) is 5.75 Å². The summed E-state index contributed by atoms with van der Waals surface area (Å²) in [7, 11) is -1.83. The Balaban J connectivity index is 2.67. The van der Waals surface area contributed by atoms with Crippen molar-refractivity contribution in [2.45, 2.75) is 25.9 Å². The zero-order valence-corrected chi connectivity index (χ0v) is 14.4. The molecule has 1 atom stereocenters. The van der Waals surface area contributed by atoms with Crippen molar-refractivity contribution in [2.24, 2.45) is 0 Å². The van der Waals surface area contributed by atoms with Crippen LogP contribution in [-0.4, -0.2) is 50.9 Å². The van der Waals surface area contributed by atoms with Crippen molar-refractivity contribution in [2.75, 3.05) is 19.5 Å². The standard InChI is InChI=1S/C15H22N2O6S/c1-3-24(21,22)16-10-11-4-6-12(7-5-11)14(18)17-13(15(19)20)8-9-23-2/h4-7,13,16H,3,8-10H2,1-2H3,(H,17,18)(H,19,20). The van der Waals surface area contributed by atoms with Crippen LogP contribution in [-0.2, 0) is 26.1 Å². The molecule has 3 N–H and O–H groups in total. The van der Waals surface area contributed by atoms with Gasteiger partial charge in [-0.1, -0.05) is 12.1 Å². The lowest BCUT2D eigenvalue weighted by atomic mass is 10.1. The Labute approximate surface area is 141 Å². The molecule has 1 rings (SSSR count). The Morgan fingerprint density at radius 1 is 1.25 bits per heavy atom. The lowest BCUT2D eigenvalue weighted by Crippen LogP contribution is -2.41. The van der Waals surface area contributed by atoms with Gasteiger partial charge in [-0.3, -0.25) is 4.79 Å². The second kappa shape index (κ2) is 9.36. The summed E-state index contributed by atoms with van der Waals surface area (Å²) in [6.45, 7) is 1.88. The summed E-state index contributed by atoms with van der Waals surface area (Å²) in [4.78, 5) is 23.2. The number of sulfonamides is 1. The molecule has 0 aromatic heterocycles. The molecule has 1 amide bonds. The second-order valence-electron chi connectivity index (χ2n) is 5.07. The van der Waals surface area contributed by atoms with Gasteiger partial charge >= 0.3 is 5.97 Å². The third-order valence-corrected chi connectivity index (χ3v) is 4.65. The van der Waals surface area contributed by atoms with Gasteiger partial charge in [0.15, 0.2) is 0 Å². The van der Waals surface area contributed by atoms with E-state index in [0.717, 1.165) is 0 Å². The van der Waals surface area contributed by atoms with Gasteiger partial charge in [0.2, 0.25) is 10.0 Å². The van der Waals surface area contributed by atoms with Crippen molar-refractivity contribution in [1.29, 1.82) is 0 Å². The fraction of sp³-hybridized carbons (Fsp3) is 0.467. The van der Waals surface area contributed by atoms with Gasteiger partial charge in [-0.2, -0.15) is 0 Å². The van der Waals surface area contributed by atoms with Crippen LogP contribution in [0.25, 0.3) is 0 Å². The smallest absolute Gasteiger partial charge is 0.326 e. The average Bonchev–Trinajstić information content (AvgIpc) is 2.56. The highest BCUT2D eigenvalue weighted by atomic mass is 32.2. The van der Waals surface area contributed by atoms with Crippen molar-refractivity contribution >= 4 is 21.9 Å². The molecule has 0 saturated carbocycles. The van der Waals surface area contributed by atoms with Crippen LogP contribution in [0.2, 0.25) is 0 Å². The molecule has 24 heavy (non-hydrogen) atoms. The number of carboxylic acids is 1. The molecule has 0 radical (unpaired) electrons. The minimum atomic E-state index is -3.28. The number of nitrogens with one attached hydrogen (secondary N) is 2. The molecular formula is C15H22N2O6S. The monoisotopic (exact) mass is 358 g/mol. The summed E-state index contributed by atoms with van der Waals surface area (Å²) >= 11 is 0. The van der Waals surface area contributed by atoms with Gasteiger partial charge in [-0.15, -0.1) is 0 Å². The molecule has 0 bridgehead atoms. The van der Waals surface area contributed by atoms with Crippen LogP contribution in [0.15, 0.2) is 24.3 Å². The number of hydrogen-bond donors (Lipinski definition) is 3. The molecule has 9 heteroatoms. The van der Waals surface area contributed by atoms with E-state index in [4.69, 9.17) is 9.84 Å². The Morgan fingerprint density at radius 3 is 2.38 bits per heavy atom. The molecule has 1 unspecified atom stereocenters. The molecule has 1 aromatic carbocycles. The number of amides is 1. The van der Waals surface area contributed by atoms with E-state index in [1.54, 1.807) is 12.1 Å². The minimum Gasteiger partial charge on any atom is -0.480 e. The van der Waals surface area contributed by atoms with Gasteiger partial charge in [-0.25, -0.2) is 17.9 Å². The summed E-state index contributed by atoms with van der Waals surface area (Å²) < 4.78 is 30.0. The highest BCUT2D eigenvalue weighted by Crippen LogP contribution is 2.06. The van der Waals surface area contributed by atoms with Crippen molar-refractivity contribution < 1.29 is 27.9 Å². The number of hydrogen-bond acceptors (Lipinski definition) is 5. The van der Waals surface area contributed by atoms with Crippen molar-refractivity contribution in [3.8, 4) is 0 Å². The highest BCUT2D eigenvalue weighted by Gasteiger charge is 2.20. The van der Waals surface area contributed by atoms with Gasteiger partial charge in [0.1, 0.15) is 6.04 Å². The van der Waals surface area contributed by atoms with E-state index in [-0.39, 0.29) is 25.3 Å². The van der Waals surface area contributed by atoms with E-state index in [9.17, 15) is 18.0 Å². The highest BCUT2D eigenvalue weighted by molar-refractivity contribution is 7.89. The Bertz CT molecular complexity index is 657. The summed E-state index contributed by atoms with van der Waals surface area (Å²) in [5, 5.41) is 11.5. The zero-order valence-electron chi connectivity index (χ0n) is 13.6. The quantitative estimate of drug-likeness (QED) is 0.555. The van der Waals surface area contributed by atoms with Crippen LogP contribution in [0, 0.1) is 0 Å². The molecule has 0 fully saturated rings. The predicted molar refractivity (Wildman–Crippen MR) is 88.1 cm³/mol. The topological polar surface area (TPSA) is 122 Å². The first kappa shape index (κ1) is 20.1. The largest absolute Gasteiger partial charge is 0.480 e. The first-order valence-electron chi connectivity index (χ1n) is 7.38. The van der Waals surface area contributed by atoms with E-state index in [0.29, 0.717) is 11.1 Å². The number of ether oxygens (including phenoxy) is 1. The SMILES string of the molecule is CCS(=O)(=O)NCc1ccc(C(=O)NC(CCOC)C(=O)O)cc1. The average molecular weight is 358 g/mol. The number of benzene rings is 1. The first-order chi connectivity index (χ1) is 11.3. The van der Waals surface area contributed by atoms with Gasteiger partial charge < -0.3 is 15.2 Å². The Hall–Kier alpha value is -1.97. The summed E-state index contributed by atoms with van der Waals surface area (Å²) in [6.07, 6.45) is 0.161. The lowest BCUT2D eigenvalue weighted by molar-refractivity contribution is -0.139. The lowest BCUT2D eigenvalue weighted by Gasteiger charge is -2.14. The predicted octanol–water partition coefficient (Wildman–Crippen LogP) is 0.345. The molecule has 0 aliphatic heterocycles. The van der Waals surface area contributed by atoms with Crippen LogP contribution in [0.5, 0.6) is 0 Å². The normalized spacial score (nSPS) is 12.6. The number of aliphatic carboxylic acids is 1. The number of carboxylic acid groups (broad SMARTS) is 1. The summed E-state index contributed by atoms with van der Waals surface area (Å²) in [6, 6.07) is 5.21. The Kier molecular flexibility index (Phi) is 7.83. The minimum absolute atomic E-state index is 0.00839. The van der Waals surface area contributed by atoms with Crippen LogP contribution < -0.4 is 10.0 Å². The van der Waals surface area contributed by atoms with Crippen molar-refractivity contribution in [3.05, 3.63) is 35.4 Å². The molecular weight excluding hydrogens is 336 g/mol. The third-order valence-electron chi connectivity index (χ3n) is 3.31. The van der Waals surface area contributed by atoms with Crippen molar-refractivity contribution in [1.82, 2.24) is 10.0 Å². The van der Waals surface area contributed by atoms with Crippen LogP contribution in [0.1, 0.15) is 29.3 Å². The molecule has 0 heterocycles. The van der Waals surface area contributed by atoms with Gasteiger partial charge in [-0.05, 0) is 24.6 Å². The van der Waals surface area contributed by atoms with Gasteiger partial charge in [0, 0.05) is 32.2 Å². The van der Waals surface area contributed by atoms with Crippen LogP contribution in [0.4, 0.5) is 0 Å². The molecule has 134 valence electrons. The van der Waals surface area contributed by atoms with Crippen LogP contribution >= 0.6 is 0 Å². The maximum absolute atomic E-state index is 12.1. The molecule has 0 saturated heterocycles. The number of carbonyl (C=O) groups is 2. The molecule has 1 aromatic rings.